The van der Waals surface area contributed by atoms with Crippen LogP contribution in [0.5, 0.6) is 0 Å². The summed E-state index contributed by atoms with van der Waals surface area (Å²) < 4.78 is 22.5. The van der Waals surface area contributed by atoms with E-state index in [0.717, 1.165) is 17.7 Å². The SMILES string of the molecule is CCNC(CCS(C)(=O)=O)c1cc(Cl)ccc1C. The van der Waals surface area contributed by atoms with Crippen LogP contribution in [0.2, 0.25) is 5.02 Å². The fraction of sp³-hybridized carbons (Fsp3) is 0.538. The Kier molecular flexibility index (Phi) is 5.63. The van der Waals surface area contributed by atoms with Crippen LogP contribution in [0, 0.1) is 6.92 Å². The Bertz CT molecular complexity index is 500. The molecule has 0 saturated carbocycles. The van der Waals surface area contributed by atoms with Gasteiger partial charge in [0.2, 0.25) is 0 Å². The van der Waals surface area contributed by atoms with Crippen molar-refractivity contribution in [2.75, 3.05) is 18.6 Å². The number of aryl methyl sites for hydroxylation is 1. The summed E-state index contributed by atoms with van der Waals surface area (Å²) in [4.78, 5) is 0. The third-order valence-electron chi connectivity index (χ3n) is 2.84. The van der Waals surface area contributed by atoms with Gasteiger partial charge in [0.15, 0.2) is 0 Å². The van der Waals surface area contributed by atoms with Gasteiger partial charge in [0.25, 0.3) is 0 Å². The molecule has 1 atom stereocenters. The Labute approximate surface area is 114 Å². The van der Waals surface area contributed by atoms with Crippen LogP contribution in [-0.4, -0.2) is 27.0 Å². The zero-order chi connectivity index (χ0) is 13.8. The summed E-state index contributed by atoms with van der Waals surface area (Å²) >= 11 is 6.01. The van der Waals surface area contributed by atoms with Crippen molar-refractivity contribution in [2.24, 2.45) is 0 Å². The van der Waals surface area contributed by atoms with E-state index < -0.39 is 9.84 Å². The van der Waals surface area contributed by atoms with Crippen molar-refractivity contribution in [3.05, 3.63) is 34.3 Å². The van der Waals surface area contributed by atoms with E-state index in [4.69, 9.17) is 11.6 Å². The molecule has 0 radical (unpaired) electrons. The number of nitrogens with one attached hydrogen (secondary N) is 1. The number of hydrogen-bond acceptors (Lipinski definition) is 3. The van der Waals surface area contributed by atoms with E-state index in [2.05, 4.69) is 5.32 Å². The van der Waals surface area contributed by atoms with Crippen LogP contribution in [0.25, 0.3) is 0 Å². The predicted octanol–water partition coefficient (Wildman–Crippen LogP) is 2.73. The standard InChI is InChI=1S/C13H20ClNO2S/c1-4-15-13(7-8-18(3,16)17)12-9-11(14)6-5-10(12)2/h5-6,9,13,15H,4,7-8H2,1-3H3. The van der Waals surface area contributed by atoms with E-state index in [0.29, 0.717) is 11.4 Å². The average molecular weight is 290 g/mol. The van der Waals surface area contributed by atoms with Crippen LogP contribution in [0.3, 0.4) is 0 Å². The monoisotopic (exact) mass is 289 g/mol. The molecule has 0 heterocycles. The van der Waals surface area contributed by atoms with Crippen molar-refractivity contribution in [1.29, 1.82) is 0 Å². The van der Waals surface area contributed by atoms with E-state index in [1.807, 2.05) is 32.0 Å². The van der Waals surface area contributed by atoms with E-state index in [9.17, 15) is 8.42 Å². The second kappa shape index (κ2) is 6.55. The summed E-state index contributed by atoms with van der Waals surface area (Å²) in [7, 11) is -2.94. The Morgan fingerprint density at radius 1 is 1.39 bits per heavy atom. The lowest BCUT2D eigenvalue weighted by molar-refractivity contribution is 0.528. The van der Waals surface area contributed by atoms with Crippen LogP contribution >= 0.6 is 11.6 Å². The van der Waals surface area contributed by atoms with Gasteiger partial charge in [0.05, 0.1) is 5.75 Å². The number of sulfone groups is 1. The first-order valence-electron chi connectivity index (χ1n) is 6.00. The minimum absolute atomic E-state index is 0.0309. The molecule has 0 aliphatic rings. The second-order valence-corrected chi connectivity index (χ2v) is 7.23. The Hall–Kier alpha value is -0.580. The first-order chi connectivity index (χ1) is 8.33. The van der Waals surface area contributed by atoms with Crippen LogP contribution < -0.4 is 5.32 Å². The van der Waals surface area contributed by atoms with Crippen molar-refractivity contribution in [3.8, 4) is 0 Å². The highest BCUT2D eigenvalue weighted by Gasteiger charge is 2.15. The minimum Gasteiger partial charge on any atom is -0.310 e. The lowest BCUT2D eigenvalue weighted by atomic mass is 9.99. The van der Waals surface area contributed by atoms with Crippen LogP contribution in [-0.2, 0) is 9.84 Å². The Morgan fingerprint density at radius 2 is 2.06 bits per heavy atom. The molecule has 0 spiro atoms. The maximum atomic E-state index is 11.3. The highest BCUT2D eigenvalue weighted by molar-refractivity contribution is 7.90. The molecule has 5 heteroatoms. The second-order valence-electron chi connectivity index (χ2n) is 4.53. The van der Waals surface area contributed by atoms with Gasteiger partial charge >= 0.3 is 0 Å². The normalized spacial score (nSPS) is 13.6. The van der Waals surface area contributed by atoms with Crippen molar-refractivity contribution in [2.45, 2.75) is 26.3 Å². The predicted molar refractivity (Wildman–Crippen MR) is 76.9 cm³/mol. The summed E-state index contributed by atoms with van der Waals surface area (Å²) in [6.45, 7) is 4.81. The van der Waals surface area contributed by atoms with Gasteiger partial charge in [-0.15, -0.1) is 0 Å². The maximum Gasteiger partial charge on any atom is 0.147 e. The molecule has 0 aliphatic heterocycles. The topological polar surface area (TPSA) is 46.2 Å². The van der Waals surface area contributed by atoms with Gasteiger partial charge in [0.1, 0.15) is 9.84 Å². The Morgan fingerprint density at radius 3 is 2.61 bits per heavy atom. The van der Waals surface area contributed by atoms with Gasteiger partial charge in [-0.3, -0.25) is 0 Å². The third kappa shape index (κ3) is 4.96. The lowest BCUT2D eigenvalue weighted by Gasteiger charge is -2.20. The average Bonchev–Trinajstić information content (AvgIpc) is 2.26. The van der Waals surface area contributed by atoms with E-state index >= 15 is 0 Å². The molecule has 1 aromatic rings. The van der Waals surface area contributed by atoms with E-state index in [-0.39, 0.29) is 11.8 Å². The van der Waals surface area contributed by atoms with Crippen LogP contribution in [0.15, 0.2) is 18.2 Å². The fourth-order valence-corrected chi connectivity index (χ4v) is 2.78. The van der Waals surface area contributed by atoms with Gasteiger partial charge in [-0.25, -0.2) is 8.42 Å². The van der Waals surface area contributed by atoms with Gasteiger partial charge in [-0.05, 0) is 43.1 Å². The van der Waals surface area contributed by atoms with Crippen molar-refractivity contribution < 1.29 is 8.42 Å². The van der Waals surface area contributed by atoms with Crippen LogP contribution in [0.1, 0.15) is 30.5 Å². The van der Waals surface area contributed by atoms with E-state index in [1.54, 1.807) is 0 Å². The molecule has 0 saturated heterocycles. The molecular weight excluding hydrogens is 270 g/mol. The molecule has 3 nitrogen and oxygen atoms in total. The minimum atomic E-state index is -2.94. The first kappa shape index (κ1) is 15.5. The molecule has 18 heavy (non-hydrogen) atoms. The summed E-state index contributed by atoms with van der Waals surface area (Å²) in [5, 5.41) is 4.00. The number of rotatable bonds is 6. The number of halogens is 1. The van der Waals surface area contributed by atoms with Crippen molar-refractivity contribution in [3.63, 3.8) is 0 Å². The van der Waals surface area contributed by atoms with Gasteiger partial charge in [-0.1, -0.05) is 24.6 Å². The molecule has 0 bridgehead atoms. The van der Waals surface area contributed by atoms with Gasteiger partial charge < -0.3 is 5.32 Å². The molecule has 0 aliphatic carbocycles. The van der Waals surface area contributed by atoms with Gasteiger partial charge in [-0.2, -0.15) is 0 Å². The smallest absolute Gasteiger partial charge is 0.147 e. The van der Waals surface area contributed by atoms with E-state index in [1.165, 1.54) is 6.26 Å². The summed E-state index contributed by atoms with van der Waals surface area (Å²) in [5.74, 6) is 0.177. The maximum absolute atomic E-state index is 11.3. The lowest BCUT2D eigenvalue weighted by Crippen LogP contribution is -2.24. The fourth-order valence-electron chi connectivity index (χ4n) is 1.93. The number of hydrogen-bond donors (Lipinski definition) is 1. The third-order valence-corrected chi connectivity index (χ3v) is 4.06. The molecular formula is C13H20ClNO2S. The molecule has 0 amide bonds. The molecule has 0 aromatic heterocycles. The van der Waals surface area contributed by atoms with Crippen LogP contribution in [0.4, 0.5) is 0 Å². The highest BCUT2D eigenvalue weighted by atomic mass is 35.5. The largest absolute Gasteiger partial charge is 0.310 e. The summed E-state index contributed by atoms with van der Waals surface area (Å²) in [6, 6.07) is 5.75. The number of benzene rings is 1. The molecule has 1 N–H and O–H groups in total. The molecule has 0 fully saturated rings. The zero-order valence-electron chi connectivity index (χ0n) is 11.0. The van der Waals surface area contributed by atoms with Gasteiger partial charge in [0, 0.05) is 17.3 Å². The molecule has 1 aromatic carbocycles. The van der Waals surface area contributed by atoms with Crippen molar-refractivity contribution in [1.82, 2.24) is 5.32 Å². The summed E-state index contributed by atoms with van der Waals surface area (Å²) in [6.07, 6.45) is 1.83. The molecule has 102 valence electrons. The molecule has 1 rings (SSSR count). The molecule has 1 unspecified atom stereocenters. The zero-order valence-corrected chi connectivity index (χ0v) is 12.6. The first-order valence-corrected chi connectivity index (χ1v) is 8.44. The quantitative estimate of drug-likeness (QED) is 0.876. The highest BCUT2D eigenvalue weighted by Crippen LogP contribution is 2.24. The summed E-state index contributed by atoms with van der Waals surface area (Å²) in [5.41, 5.74) is 2.20. The Balaban J connectivity index is 2.93. The van der Waals surface area contributed by atoms with Crippen molar-refractivity contribution >= 4 is 21.4 Å².